The van der Waals surface area contributed by atoms with Gasteiger partial charge in [-0.25, -0.2) is 4.39 Å². The maximum Gasteiger partial charge on any atom is 0.254 e. The molecule has 2 aromatic heterocycles. The van der Waals surface area contributed by atoms with Crippen LogP contribution in [0.2, 0.25) is 0 Å². The van der Waals surface area contributed by atoms with Gasteiger partial charge < -0.3 is 9.64 Å². The van der Waals surface area contributed by atoms with Crippen molar-refractivity contribution in [1.82, 2.24) is 20.1 Å². The van der Waals surface area contributed by atoms with Crippen LogP contribution >= 0.6 is 0 Å². The highest BCUT2D eigenvalue weighted by Gasteiger charge is 2.30. The predicted octanol–water partition coefficient (Wildman–Crippen LogP) is 5.31. The number of hydrogen-bond acceptors (Lipinski definition) is 4. The molecular weight excluding hydrogens is 419 g/mol. The normalized spacial score (nSPS) is 13.3. The fourth-order valence-corrected chi connectivity index (χ4v) is 4.20. The highest BCUT2D eigenvalue weighted by molar-refractivity contribution is 5.96. The van der Waals surface area contributed by atoms with E-state index in [0.29, 0.717) is 35.9 Å². The molecule has 0 atom stereocenters. The Morgan fingerprint density at radius 3 is 2.82 bits per heavy atom. The van der Waals surface area contributed by atoms with Crippen LogP contribution in [0, 0.1) is 5.82 Å². The summed E-state index contributed by atoms with van der Waals surface area (Å²) in [6, 6.07) is 11.7. The lowest BCUT2D eigenvalue weighted by atomic mass is 10.0. The molecule has 1 fully saturated rings. The van der Waals surface area contributed by atoms with E-state index < -0.39 is 0 Å². The van der Waals surface area contributed by atoms with Crippen molar-refractivity contribution >= 4 is 16.8 Å². The van der Waals surface area contributed by atoms with Crippen LogP contribution in [0.4, 0.5) is 4.39 Å². The van der Waals surface area contributed by atoms with Crippen LogP contribution in [0.5, 0.6) is 5.75 Å². The average molecular weight is 445 g/mol. The molecule has 33 heavy (non-hydrogen) atoms. The maximum absolute atomic E-state index is 13.8. The highest BCUT2D eigenvalue weighted by Crippen LogP contribution is 2.42. The van der Waals surface area contributed by atoms with E-state index in [-0.39, 0.29) is 11.7 Å². The van der Waals surface area contributed by atoms with Crippen molar-refractivity contribution in [2.45, 2.75) is 32.2 Å². The fraction of sp³-hybridized carbons (Fsp3) is 0.269. The Bertz CT molecular complexity index is 1330. The van der Waals surface area contributed by atoms with Gasteiger partial charge in [0.2, 0.25) is 0 Å². The van der Waals surface area contributed by atoms with Gasteiger partial charge in [-0.05, 0) is 55.7 Å². The monoisotopic (exact) mass is 444 g/mol. The second kappa shape index (κ2) is 8.65. The van der Waals surface area contributed by atoms with Gasteiger partial charge in [0.1, 0.15) is 11.6 Å². The molecule has 0 saturated heterocycles. The Morgan fingerprint density at radius 2 is 2.06 bits per heavy atom. The van der Waals surface area contributed by atoms with E-state index in [2.05, 4.69) is 15.2 Å². The average Bonchev–Trinajstić information content (AvgIpc) is 3.54. The summed E-state index contributed by atoms with van der Waals surface area (Å²) in [6.45, 7) is 2.74. The lowest BCUT2D eigenvalue weighted by Crippen LogP contribution is -2.27. The minimum Gasteiger partial charge on any atom is -0.493 e. The molecule has 0 unspecified atom stereocenters. The zero-order valence-electron chi connectivity index (χ0n) is 18.6. The Morgan fingerprint density at radius 1 is 1.21 bits per heavy atom. The van der Waals surface area contributed by atoms with Gasteiger partial charge in [0.15, 0.2) is 0 Å². The van der Waals surface area contributed by atoms with Gasteiger partial charge >= 0.3 is 0 Å². The summed E-state index contributed by atoms with van der Waals surface area (Å²) in [7, 11) is 1.79. The molecule has 1 saturated carbocycles. The summed E-state index contributed by atoms with van der Waals surface area (Å²) in [5.41, 5.74) is 4.96. The number of carbonyl (C=O) groups excluding carboxylic acids is 1. The topological polar surface area (TPSA) is 71.1 Å². The maximum atomic E-state index is 13.8. The molecule has 7 heteroatoms. The molecule has 1 aliphatic rings. The third-order valence-electron chi connectivity index (χ3n) is 5.99. The smallest absolute Gasteiger partial charge is 0.254 e. The number of hydrogen-bond donors (Lipinski definition) is 1. The van der Waals surface area contributed by atoms with Crippen molar-refractivity contribution in [1.29, 1.82) is 0 Å². The summed E-state index contributed by atoms with van der Waals surface area (Å²) in [6.07, 6.45) is 5.84. The molecule has 168 valence electrons. The minimum absolute atomic E-state index is 0.125. The first-order valence-electron chi connectivity index (χ1n) is 11.1. The van der Waals surface area contributed by atoms with Crippen molar-refractivity contribution in [2.75, 3.05) is 13.7 Å². The number of ether oxygens (including phenoxy) is 1. The lowest BCUT2D eigenvalue weighted by molar-refractivity contribution is 0.0784. The first-order chi connectivity index (χ1) is 16.0. The molecule has 1 amide bonds. The Labute approximate surface area is 191 Å². The van der Waals surface area contributed by atoms with Crippen molar-refractivity contribution in [3.63, 3.8) is 0 Å². The molecule has 0 aliphatic heterocycles. The molecule has 0 spiro atoms. The Hall–Kier alpha value is -3.74. The summed E-state index contributed by atoms with van der Waals surface area (Å²) >= 11 is 0. The quantitative estimate of drug-likeness (QED) is 0.419. The van der Waals surface area contributed by atoms with Gasteiger partial charge in [0.25, 0.3) is 5.91 Å². The number of nitrogens with zero attached hydrogens (tertiary/aromatic N) is 3. The first kappa shape index (κ1) is 21.1. The molecule has 2 aromatic carbocycles. The van der Waals surface area contributed by atoms with E-state index in [1.165, 1.54) is 12.1 Å². The first-order valence-corrected chi connectivity index (χ1v) is 11.1. The van der Waals surface area contributed by atoms with Crippen LogP contribution in [0.15, 0.2) is 54.9 Å². The molecular formula is C26H25FN4O2. The molecule has 1 N–H and O–H groups in total. The second-order valence-corrected chi connectivity index (χ2v) is 8.41. The van der Waals surface area contributed by atoms with Gasteiger partial charge in [0.05, 0.1) is 24.0 Å². The van der Waals surface area contributed by atoms with E-state index in [1.54, 1.807) is 36.3 Å². The van der Waals surface area contributed by atoms with Crippen LogP contribution in [0.3, 0.4) is 0 Å². The Kier molecular flexibility index (Phi) is 5.54. The number of aromatic amines is 1. The van der Waals surface area contributed by atoms with Crippen molar-refractivity contribution in [3.05, 3.63) is 77.5 Å². The summed E-state index contributed by atoms with van der Waals surface area (Å²) in [5.74, 6) is 0.563. The number of fused-ring (bicyclic) bond motifs is 1. The molecule has 4 aromatic rings. The van der Waals surface area contributed by atoms with Gasteiger partial charge in [-0.15, -0.1) is 0 Å². The molecule has 0 bridgehead atoms. The number of nitrogens with one attached hydrogen (secondary N) is 1. The molecule has 6 nitrogen and oxygen atoms in total. The number of carbonyl (C=O) groups is 1. The zero-order valence-corrected chi connectivity index (χ0v) is 18.6. The highest BCUT2D eigenvalue weighted by atomic mass is 19.1. The number of benzene rings is 2. The fourth-order valence-electron chi connectivity index (χ4n) is 4.20. The number of aromatic nitrogens is 3. The lowest BCUT2D eigenvalue weighted by Gasteiger charge is -2.20. The standard InChI is InChI=1S/C26H25FN4O2/c1-3-33-23-12-18(9-10-21(23)17-5-4-6-20(27)11-17)26(32)31(2)15-22-24(16-7-8-16)28-13-19-14-29-30-25(19)22/h4-6,9-14,16H,3,7-8,15H2,1-2H3,(H,29,30). The van der Waals surface area contributed by atoms with Crippen LogP contribution < -0.4 is 4.74 Å². The number of halogens is 1. The molecule has 2 heterocycles. The van der Waals surface area contributed by atoms with E-state index in [4.69, 9.17) is 4.74 Å². The van der Waals surface area contributed by atoms with Crippen molar-refractivity contribution in [2.24, 2.45) is 0 Å². The van der Waals surface area contributed by atoms with E-state index >= 15 is 0 Å². The van der Waals surface area contributed by atoms with E-state index in [0.717, 1.165) is 40.6 Å². The van der Waals surface area contributed by atoms with Gasteiger partial charge in [-0.3, -0.25) is 14.9 Å². The van der Waals surface area contributed by atoms with Crippen LogP contribution in [-0.2, 0) is 6.54 Å². The number of rotatable bonds is 7. The largest absolute Gasteiger partial charge is 0.493 e. The van der Waals surface area contributed by atoms with Crippen LogP contribution in [0.1, 0.15) is 47.3 Å². The van der Waals surface area contributed by atoms with Crippen LogP contribution in [-0.4, -0.2) is 39.6 Å². The number of amides is 1. The predicted molar refractivity (Wildman–Crippen MR) is 125 cm³/mol. The summed E-state index contributed by atoms with van der Waals surface area (Å²) in [5, 5.41) is 8.17. The third kappa shape index (κ3) is 4.18. The molecule has 5 rings (SSSR count). The van der Waals surface area contributed by atoms with Crippen LogP contribution in [0.25, 0.3) is 22.0 Å². The van der Waals surface area contributed by atoms with Crippen molar-refractivity contribution in [3.8, 4) is 16.9 Å². The van der Waals surface area contributed by atoms with Crippen molar-refractivity contribution < 1.29 is 13.9 Å². The van der Waals surface area contributed by atoms with Gasteiger partial charge in [0, 0.05) is 47.8 Å². The van der Waals surface area contributed by atoms with Gasteiger partial charge in [-0.2, -0.15) is 5.10 Å². The Balaban J connectivity index is 1.45. The second-order valence-electron chi connectivity index (χ2n) is 8.41. The van der Waals surface area contributed by atoms with E-state index in [1.807, 2.05) is 25.3 Å². The number of H-pyrrole nitrogens is 1. The number of pyridine rings is 1. The SMILES string of the molecule is CCOc1cc(C(=O)N(C)Cc2c(C3CC3)ncc3cn[nH]c23)ccc1-c1cccc(F)c1. The molecule has 1 aliphatic carbocycles. The summed E-state index contributed by atoms with van der Waals surface area (Å²) < 4.78 is 19.6. The van der Waals surface area contributed by atoms with E-state index in [9.17, 15) is 9.18 Å². The van der Waals surface area contributed by atoms with Gasteiger partial charge in [-0.1, -0.05) is 12.1 Å². The minimum atomic E-state index is -0.317. The molecule has 0 radical (unpaired) electrons. The third-order valence-corrected chi connectivity index (χ3v) is 5.99. The summed E-state index contributed by atoms with van der Waals surface area (Å²) in [4.78, 5) is 19.7. The zero-order chi connectivity index (χ0) is 22.9.